The summed E-state index contributed by atoms with van der Waals surface area (Å²) in [7, 11) is 0. The predicted molar refractivity (Wildman–Crippen MR) is 145 cm³/mol. The SMILES string of the molecule is CC(=CCSCC(Nc1cc(F)ccn1)C(=O)O)CCCC(C)CCCC(C)CCCC(C)C. The molecule has 0 aliphatic heterocycles. The van der Waals surface area contributed by atoms with E-state index in [1.165, 1.54) is 75.3 Å². The third-order valence-corrected chi connectivity index (χ3v) is 7.29. The lowest BCUT2D eigenvalue weighted by Gasteiger charge is -2.15. The number of halogens is 1. The molecule has 3 atom stereocenters. The maximum absolute atomic E-state index is 13.3. The zero-order valence-corrected chi connectivity index (χ0v) is 22.8. The monoisotopic (exact) mass is 494 g/mol. The van der Waals surface area contributed by atoms with E-state index in [2.05, 4.69) is 51.0 Å². The first-order chi connectivity index (χ1) is 16.2. The van der Waals surface area contributed by atoms with Gasteiger partial charge in [-0.1, -0.05) is 84.3 Å². The van der Waals surface area contributed by atoms with Crippen molar-refractivity contribution in [3.05, 3.63) is 35.8 Å². The Hall–Kier alpha value is -1.56. The number of hydrogen-bond donors (Lipinski definition) is 2. The molecule has 0 radical (unpaired) electrons. The van der Waals surface area contributed by atoms with Gasteiger partial charge in [0, 0.05) is 23.8 Å². The number of allylic oxidation sites excluding steroid dienone is 1. The summed E-state index contributed by atoms with van der Waals surface area (Å²) in [6.45, 7) is 11.6. The topological polar surface area (TPSA) is 62.2 Å². The number of carboxylic acids is 1. The predicted octanol–water partition coefficient (Wildman–Crippen LogP) is 8.20. The third-order valence-electron chi connectivity index (χ3n) is 6.32. The first-order valence-electron chi connectivity index (χ1n) is 13.0. The van der Waals surface area contributed by atoms with Crippen LogP contribution in [0.1, 0.15) is 92.4 Å². The van der Waals surface area contributed by atoms with Crippen LogP contribution in [0.25, 0.3) is 0 Å². The van der Waals surface area contributed by atoms with Crippen molar-refractivity contribution < 1.29 is 14.3 Å². The standard InChI is InChI=1S/C28H47FN2O2S/c1-21(2)9-6-10-22(3)11-7-12-23(4)13-8-14-24(5)16-18-34-20-26(28(32)33)31-27-19-25(29)15-17-30-27/h15-17,19,21-23,26H,6-14,18,20H2,1-5H3,(H,30,31)(H,32,33). The number of aliphatic carboxylic acids is 1. The van der Waals surface area contributed by atoms with E-state index in [1.807, 2.05) is 0 Å². The molecule has 0 aromatic carbocycles. The molecular weight excluding hydrogens is 447 g/mol. The van der Waals surface area contributed by atoms with E-state index in [4.69, 9.17) is 0 Å². The molecule has 0 spiro atoms. The molecule has 6 heteroatoms. The minimum atomic E-state index is -0.960. The van der Waals surface area contributed by atoms with Crippen molar-refractivity contribution in [3.63, 3.8) is 0 Å². The quantitative estimate of drug-likeness (QED) is 0.150. The van der Waals surface area contributed by atoms with Gasteiger partial charge in [0.1, 0.15) is 17.7 Å². The second-order valence-corrected chi connectivity index (χ2v) is 11.4. The van der Waals surface area contributed by atoms with Crippen molar-refractivity contribution in [2.24, 2.45) is 17.8 Å². The van der Waals surface area contributed by atoms with Gasteiger partial charge in [-0.25, -0.2) is 14.2 Å². The van der Waals surface area contributed by atoms with E-state index < -0.39 is 17.8 Å². The lowest BCUT2D eigenvalue weighted by molar-refractivity contribution is -0.137. The summed E-state index contributed by atoms with van der Waals surface area (Å²) in [6, 6.07) is 1.65. The minimum absolute atomic E-state index is 0.245. The normalized spacial score (nSPS) is 14.7. The van der Waals surface area contributed by atoms with Gasteiger partial charge in [0.25, 0.3) is 0 Å². The van der Waals surface area contributed by atoms with Crippen LogP contribution in [0.5, 0.6) is 0 Å². The molecule has 1 rings (SSSR count). The molecule has 0 bridgehead atoms. The first kappa shape index (κ1) is 30.5. The van der Waals surface area contributed by atoms with Crippen molar-refractivity contribution in [3.8, 4) is 0 Å². The van der Waals surface area contributed by atoms with Crippen molar-refractivity contribution in [1.82, 2.24) is 4.98 Å². The highest BCUT2D eigenvalue weighted by Gasteiger charge is 2.17. The maximum Gasteiger partial charge on any atom is 0.327 e. The Bertz CT molecular complexity index is 726. The molecule has 1 aromatic rings. The summed E-state index contributed by atoms with van der Waals surface area (Å²) in [4.78, 5) is 15.5. The van der Waals surface area contributed by atoms with Crippen LogP contribution in [0, 0.1) is 23.6 Å². The van der Waals surface area contributed by atoms with Crippen molar-refractivity contribution >= 4 is 23.5 Å². The first-order valence-corrected chi connectivity index (χ1v) is 14.2. The van der Waals surface area contributed by atoms with Crippen LogP contribution in [0.2, 0.25) is 0 Å². The Balaban J connectivity index is 2.17. The summed E-state index contributed by atoms with van der Waals surface area (Å²) >= 11 is 1.56. The molecule has 1 heterocycles. The van der Waals surface area contributed by atoms with E-state index in [-0.39, 0.29) is 5.82 Å². The molecule has 0 fully saturated rings. The number of carboxylic acid groups (broad SMARTS) is 1. The second kappa shape index (κ2) is 17.8. The van der Waals surface area contributed by atoms with E-state index in [1.54, 1.807) is 11.8 Å². The molecule has 0 saturated heterocycles. The number of anilines is 1. The molecule has 2 N–H and O–H groups in total. The van der Waals surface area contributed by atoms with Crippen LogP contribution >= 0.6 is 11.8 Å². The number of carbonyl (C=O) groups is 1. The summed E-state index contributed by atoms with van der Waals surface area (Å²) in [5, 5.41) is 12.2. The Labute approximate surface area is 211 Å². The lowest BCUT2D eigenvalue weighted by Crippen LogP contribution is -2.32. The number of hydrogen-bond acceptors (Lipinski definition) is 4. The Morgan fingerprint density at radius 2 is 1.71 bits per heavy atom. The van der Waals surface area contributed by atoms with Gasteiger partial charge >= 0.3 is 5.97 Å². The molecular formula is C28H47FN2O2S. The highest BCUT2D eigenvalue weighted by atomic mass is 32.2. The number of pyridine rings is 1. The zero-order chi connectivity index (χ0) is 25.3. The van der Waals surface area contributed by atoms with Crippen LogP contribution in [0.4, 0.5) is 10.2 Å². The summed E-state index contributed by atoms with van der Waals surface area (Å²) in [5.41, 5.74) is 1.37. The zero-order valence-electron chi connectivity index (χ0n) is 22.0. The number of aromatic nitrogens is 1. The van der Waals surface area contributed by atoms with E-state index in [9.17, 15) is 14.3 Å². The summed E-state index contributed by atoms with van der Waals surface area (Å²) in [5.74, 6) is 2.48. The molecule has 1 aromatic heterocycles. The molecule has 34 heavy (non-hydrogen) atoms. The van der Waals surface area contributed by atoms with E-state index in [0.29, 0.717) is 5.75 Å². The highest BCUT2D eigenvalue weighted by Crippen LogP contribution is 2.22. The number of nitrogens with zero attached hydrogens (tertiary/aromatic N) is 1. The Kier molecular flexibility index (Phi) is 16.0. The number of thioether (sulfide) groups is 1. The fourth-order valence-corrected chi connectivity index (χ4v) is 5.03. The van der Waals surface area contributed by atoms with Gasteiger partial charge in [0.05, 0.1) is 0 Å². The Morgan fingerprint density at radius 1 is 1.09 bits per heavy atom. The van der Waals surface area contributed by atoms with Gasteiger partial charge in [-0.2, -0.15) is 11.8 Å². The summed E-state index contributed by atoms with van der Waals surface area (Å²) < 4.78 is 13.3. The van der Waals surface area contributed by atoms with Gasteiger partial charge in [-0.15, -0.1) is 0 Å². The highest BCUT2D eigenvalue weighted by molar-refractivity contribution is 7.99. The van der Waals surface area contributed by atoms with E-state index >= 15 is 0 Å². The number of nitrogens with one attached hydrogen (secondary N) is 1. The van der Waals surface area contributed by atoms with Crippen LogP contribution in [0.3, 0.4) is 0 Å². The lowest BCUT2D eigenvalue weighted by atomic mass is 9.91. The van der Waals surface area contributed by atoms with Gasteiger partial charge in [0.15, 0.2) is 0 Å². The molecule has 3 unspecified atom stereocenters. The van der Waals surface area contributed by atoms with Gasteiger partial charge in [-0.05, 0) is 43.6 Å². The fourth-order valence-electron chi connectivity index (χ4n) is 4.03. The fraction of sp³-hybridized carbons (Fsp3) is 0.714. The van der Waals surface area contributed by atoms with Gasteiger partial charge in [-0.3, -0.25) is 0 Å². The Morgan fingerprint density at radius 3 is 2.29 bits per heavy atom. The van der Waals surface area contributed by atoms with Crippen molar-refractivity contribution in [1.29, 1.82) is 0 Å². The molecule has 4 nitrogen and oxygen atoms in total. The van der Waals surface area contributed by atoms with Crippen LogP contribution in [-0.2, 0) is 4.79 Å². The average molecular weight is 495 g/mol. The summed E-state index contributed by atoms with van der Waals surface area (Å²) in [6.07, 6.45) is 15.2. The maximum atomic E-state index is 13.3. The van der Waals surface area contributed by atoms with Crippen LogP contribution in [-0.4, -0.2) is 33.6 Å². The largest absolute Gasteiger partial charge is 0.480 e. The number of rotatable bonds is 19. The van der Waals surface area contributed by atoms with Gasteiger partial charge in [0.2, 0.25) is 0 Å². The van der Waals surface area contributed by atoms with Crippen molar-refractivity contribution in [2.75, 3.05) is 16.8 Å². The molecule has 0 aliphatic carbocycles. The molecule has 0 aliphatic rings. The minimum Gasteiger partial charge on any atom is -0.480 e. The van der Waals surface area contributed by atoms with Crippen LogP contribution in [0.15, 0.2) is 30.0 Å². The van der Waals surface area contributed by atoms with Gasteiger partial charge < -0.3 is 10.4 Å². The average Bonchev–Trinajstić information content (AvgIpc) is 2.75. The molecule has 0 amide bonds. The van der Waals surface area contributed by atoms with Crippen LogP contribution < -0.4 is 5.32 Å². The molecule has 194 valence electrons. The van der Waals surface area contributed by atoms with Crippen molar-refractivity contribution in [2.45, 2.75) is 98.4 Å². The smallest absolute Gasteiger partial charge is 0.327 e. The van der Waals surface area contributed by atoms with E-state index in [0.717, 1.165) is 29.9 Å². The third kappa shape index (κ3) is 15.4. The molecule has 0 saturated carbocycles. The second-order valence-electron chi connectivity index (χ2n) is 10.3.